The lowest BCUT2D eigenvalue weighted by atomic mass is 9.46. The summed E-state index contributed by atoms with van der Waals surface area (Å²) in [5, 5.41) is 24.4. The number of benzene rings is 1. The first-order valence-corrected chi connectivity index (χ1v) is 14.1. The lowest BCUT2D eigenvalue weighted by Gasteiger charge is -2.66. The molecule has 0 radical (unpaired) electrons. The molecule has 2 aliphatic heterocycles. The monoisotopic (exact) mass is 566 g/mol. The van der Waals surface area contributed by atoms with Crippen LogP contribution in [0.4, 0.5) is 0 Å². The van der Waals surface area contributed by atoms with E-state index in [9.17, 15) is 19.8 Å². The Labute approximate surface area is 239 Å². The molecule has 2 heterocycles. The van der Waals surface area contributed by atoms with Gasteiger partial charge in [-0.3, -0.25) is 4.79 Å². The largest absolute Gasteiger partial charge is 0.455 e. The normalized spacial score (nSPS) is 43.8. The molecule has 0 aromatic heterocycles. The van der Waals surface area contributed by atoms with Crippen molar-refractivity contribution < 1.29 is 43.5 Å². The van der Waals surface area contributed by atoms with Crippen LogP contribution in [0.2, 0.25) is 0 Å². The van der Waals surface area contributed by atoms with Gasteiger partial charge in [-0.15, -0.1) is 0 Å². The van der Waals surface area contributed by atoms with Crippen molar-refractivity contribution in [2.75, 3.05) is 6.61 Å². The highest BCUT2D eigenvalue weighted by Crippen LogP contribution is 2.65. The van der Waals surface area contributed by atoms with Crippen LogP contribution in [0.1, 0.15) is 51.4 Å². The first-order chi connectivity index (χ1) is 19.3. The Morgan fingerprint density at radius 3 is 2.46 bits per heavy atom. The van der Waals surface area contributed by atoms with E-state index in [0.717, 1.165) is 0 Å². The van der Waals surface area contributed by atoms with E-state index in [-0.39, 0.29) is 13.0 Å². The zero-order chi connectivity index (χ0) is 29.5. The third-order valence-electron chi connectivity index (χ3n) is 10.3. The SMILES string of the molecule is C=C[C@@H]1O[C@@H]2C3=C(C)[C@@H](O)C[C@@](O)([C@@H](OC(=O)c4ccccc4)[C@H]4[C@@](C)(C=C[C@H]5OC[C@]54OC(C)=O)[C@@H]2O1)C3(C)C. The van der Waals surface area contributed by atoms with E-state index in [0.29, 0.717) is 16.7 Å². The van der Waals surface area contributed by atoms with Crippen LogP contribution in [-0.4, -0.2) is 76.8 Å². The average Bonchev–Trinajstić information content (AvgIpc) is 3.34. The number of hydrogen-bond acceptors (Lipinski definition) is 9. The predicted octanol–water partition coefficient (Wildman–Crippen LogP) is 3.25. The Hall–Kier alpha value is -2.82. The highest BCUT2D eigenvalue weighted by molar-refractivity contribution is 5.89. The lowest BCUT2D eigenvalue weighted by molar-refractivity contribution is -0.316. The summed E-state index contributed by atoms with van der Waals surface area (Å²) in [5.74, 6) is -2.01. The minimum absolute atomic E-state index is 0.0329. The van der Waals surface area contributed by atoms with Crippen LogP contribution < -0.4 is 0 Å². The molecule has 2 N–H and O–H groups in total. The second-order valence-corrected chi connectivity index (χ2v) is 12.8. The summed E-state index contributed by atoms with van der Waals surface area (Å²) in [6.45, 7) is 12.8. The Morgan fingerprint density at radius 1 is 1.15 bits per heavy atom. The Kier molecular flexibility index (Phi) is 6.45. The molecule has 2 bridgehead atoms. The number of hydrogen-bond donors (Lipinski definition) is 2. The summed E-state index contributed by atoms with van der Waals surface area (Å²) < 4.78 is 31.3. The number of aliphatic hydroxyl groups is 2. The van der Waals surface area contributed by atoms with E-state index in [1.165, 1.54) is 6.92 Å². The number of carbonyl (C=O) groups excluding carboxylic acids is 2. The van der Waals surface area contributed by atoms with Gasteiger partial charge >= 0.3 is 11.9 Å². The molecule has 1 aromatic rings. The van der Waals surface area contributed by atoms with E-state index < -0.39 is 76.7 Å². The fraction of sp³-hybridized carbons (Fsp3) is 0.562. The molecule has 220 valence electrons. The zero-order valence-electron chi connectivity index (χ0n) is 24.0. The summed E-state index contributed by atoms with van der Waals surface area (Å²) in [4.78, 5) is 26.4. The summed E-state index contributed by atoms with van der Waals surface area (Å²) in [6, 6.07) is 8.54. The van der Waals surface area contributed by atoms with Crippen LogP contribution in [0.5, 0.6) is 0 Å². The smallest absolute Gasteiger partial charge is 0.338 e. The average molecular weight is 567 g/mol. The third-order valence-corrected chi connectivity index (χ3v) is 10.3. The minimum atomic E-state index is -1.81. The number of esters is 2. The summed E-state index contributed by atoms with van der Waals surface area (Å²) >= 11 is 0. The Morgan fingerprint density at radius 2 is 1.85 bits per heavy atom. The summed E-state index contributed by atoms with van der Waals surface area (Å²) in [5.41, 5.74) is -3.47. The molecule has 1 saturated carbocycles. The van der Waals surface area contributed by atoms with Crippen molar-refractivity contribution in [3.05, 3.63) is 71.8 Å². The molecule has 3 fully saturated rings. The van der Waals surface area contributed by atoms with Crippen LogP contribution >= 0.6 is 0 Å². The van der Waals surface area contributed by atoms with Gasteiger partial charge in [-0.05, 0) is 36.3 Å². The number of rotatable bonds is 4. The molecule has 10 atom stereocenters. The molecule has 9 nitrogen and oxygen atoms in total. The molecule has 6 rings (SSSR count). The molecule has 0 amide bonds. The van der Waals surface area contributed by atoms with E-state index in [1.54, 1.807) is 36.4 Å². The molecular formula is C32H38O9. The van der Waals surface area contributed by atoms with Gasteiger partial charge in [0.1, 0.15) is 30.0 Å². The van der Waals surface area contributed by atoms with E-state index in [4.69, 9.17) is 23.7 Å². The number of fused-ring (bicyclic) bond motifs is 8. The van der Waals surface area contributed by atoms with E-state index in [2.05, 4.69) is 6.58 Å². The van der Waals surface area contributed by atoms with Crippen LogP contribution in [0.3, 0.4) is 0 Å². The van der Waals surface area contributed by atoms with Gasteiger partial charge in [0.25, 0.3) is 0 Å². The Balaban J connectivity index is 1.64. The quantitative estimate of drug-likeness (QED) is 0.418. The van der Waals surface area contributed by atoms with Gasteiger partial charge in [0.15, 0.2) is 11.9 Å². The highest BCUT2D eigenvalue weighted by Gasteiger charge is 2.76. The molecule has 1 aromatic carbocycles. The van der Waals surface area contributed by atoms with Crippen molar-refractivity contribution in [1.29, 1.82) is 0 Å². The van der Waals surface area contributed by atoms with Gasteiger partial charge < -0.3 is 33.9 Å². The van der Waals surface area contributed by atoms with Crippen molar-refractivity contribution in [1.82, 2.24) is 0 Å². The number of ether oxygens (including phenoxy) is 5. The molecule has 3 aliphatic carbocycles. The van der Waals surface area contributed by atoms with Gasteiger partial charge in [0.2, 0.25) is 0 Å². The van der Waals surface area contributed by atoms with Gasteiger partial charge in [-0.25, -0.2) is 4.79 Å². The van der Waals surface area contributed by atoms with Crippen molar-refractivity contribution in [2.45, 2.75) is 89.1 Å². The molecule has 5 aliphatic rings. The molecule has 0 spiro atoms. The van der Waals surface area contributed by atoms with Crippen molar-refractivity contribution in [2.24, 2.45) is 16.7 Å². The molecule has 0 unspecified atom stereocenters. The van der Waals surface area contributed by atoms with Crippen molar-refractivity contribution in [3.8, 4) is 0 Å². The minimum Gasteiger partial charge on any atom is -0.455 e. The second-order valence-electron chi connectivity index (χ2n) is 12.8. The maximum Gasteiger partial charge on any atom is 0.338 e. The van der Waals surface area contributed by atoms with Crippen LogP contribution in [0.15, 0.2) is 66.3 Å². The van der Waals surface area contributed by atoms with Crippen LogP contribution in [0.25, 0.3) is 0 Å². The molecule has 9 heteroatoms. The third kappa shape index (κ3) is 3.79. The first-order valence-electron chi connectivity index (χ1n) is 14.1. The maximum absolute atomic E-state index is 13.8. The zero-order valence-corrected chi connectivity index (χ0v) is 24.0. The van der Waals surface area contributed by atoms with Crippen molar-refractivity contribution in [3.63, 3.8) is 0 Å². The second kappa shape index (κ2) is 9.34. The van der Waals surface area contributed by atoms with E-state index in [1.807, 2.05) is 39.8 Å². The maximum atomic E-state index is 13.8. The number of aliphatic hydroxyl groups excluding tert-OH is 1. The summed E-state index contributed by atoms with van der Waals surface area (Å²) in [7, 11) is 0. The van der Waals surface area contributed by atoms with E-state index >= 15 is 0 Å². The first kappa shape index (κ1) is 28.3. The fourth-order valence-electron chi connectivity index (χ4n) is 8.15. The van der Waals surface area contributed by atoms with Gasteiger partial charge in [0.05, 0.1) is 24.2 Å². The lowest BCUT2D eigenvalue weighted by Crippen LogP contribution is -2.78. The molecule has 2 saturated heterocycles. The summed E-state index contributed by atoms with van der Waals surface area (Å²) in [6.07, 6.45) is 0.216. The van der Waals surface area contributed by atoms with Crippen LogP contribution in [-0.2, 0) is 28.5 Å². The topological polar surface area (TPSA) is 121 Å². The standard InChI is InChI=1S/C32H38O9/c1-7-22-38-24-23-17(2)20(34)15-32(36,29(23,4)5)27(40-28(35)19-11-9-8-10-12-19)25-30(6,26(24)39-22)14-13-21-31(25,16-37-21)41-18(3)33/h7-14,20-22,24-27,34,36H,1,15-16H2,2-6H3/t20-,21+,22+,24+,25-,26+,27-,30+,31-,32+/m0/s1. The Bertz CT molecular complexity index is 1330. The fourth-order valence-corrected chi connectivity index (χ4v) is 8.15. The number of carbonyl (C=O) groups is 2. The van der Waals surface area contributed by atoms with Gasteiger partial charge in [-0.2, -0.15) is 0 Å². The molecule has 41 heavy (non-hydrogen) atoms. The van der Waals surface area contributed by atoms with Crippen molar-refractivity contribution >= 4 is 11.9 Å². The molecular weight excluding hydrogens is 528 g/mol. The van der Waals surface area contributed by atoms with Gasteiger partial charge in [0, 0.05) is 24.2 Å². The van der Waals surface area contributed by atoms with Crippen LogP contribution in [0, 0.1) is 16.7 Å². The van der Waals surface area contributed by atoms with Gasteiger partial charge in [-0.1, -0.05) is 57.7 Å². The highest BCUT2D eigenvalue weighted by atomic mass is 16.7. The predicted molar refractivity (Wildman–Crippen MR) is 146 cm³/mol.